The first-order valence-electron chi connectivity index (χ1n) is 7.23. The van der Waals surface area contributed by atoms with E-state index in [1.807, 2.05) is 6.07 Å². The molecular formula is C17H16N2O. The standard InChI is InChI=1S/C17H16N2O/c1-18-8-9-19-15(18)10-11-6-7-13-12-4-2-3-5-14(12)20-17(13)16(11)19/h2-7,15H,8-10H2,1H3. The van der Waals surface area contributed by atoms with Crippen molar-refractivity contribution in [2.75, 3.05) is 25.0 Å². The maximum absolute atomic E-state index is 6.18. The van der Waals surface area contributed by atoms with E-state index in [-0.39, 0.29) is 0 Å². The van der Waals surface area contributed by atoms with Crippen LogP contribution in [0.25, 0.3) is 21.9 Å². The molecule has 2 aliphatic heterocycles. The number of nitrogens with zero attached hydrogens (tertiary/aromatic N) is 2. The third kappa shape index (κ3) is 1.19. The van der Waals surface area contributed by atoms with Gasteiger partial charge < -0.3 is 9.32 Å². The molecule has 3 heterocycles. The van der Waals surface area contributed by atoms with Crippen molar-refractivity contribution in [1.29, 1.82) is 0 Å². The number of benzene rings is 2. The maximum atomic E-state index is 6.18. The second-order valence-electron chi connectivity index (χ2n) is 5.91. The van der Waals surface area contributed by atoms with Gasteiger partial charge in [0.25, 0.3) is 0 Å². The van der Waals surface area contributed by atoms with Crippen LogP contribution >= 0.6 is 0 Å². The number of anilines is 1. The predicted molar refractivity (Wildman–Crippen MR) is 81.2 cm³/mol. The van der Waals surface area contributed by atoms with Crippen molar-refractivity contribution >= 4 is 27.6 Å². The second kappa shape index (κ2) is 3.55. The summed E-state index contributed by atoms with van der Waals surface area (Å²) in [5.41, 5.74) is 4.81. The van der Waals surface area contributed by atoms with Crippen molar-refractivity contribution in [2.24, 2.45) is 0 Å². The fraction of sp³-hybridized carbons (Fsp3) is 0.294. The van der Waals surface area contributed by atoms with E-state index in [0.717, 1.165) is 30.7 Å². The summed E-state index contributed by atoms with van der Waals surface area (Å²) in [5, 5.41) is 2.47. The predicted octanol–water partition coefficient (Wildman–Crippen LogP) is 3.22. The molecule has 0 radical (unpaired) electrons. The lowest BCUT2D eigenvalue weighted by atomic mass is 10.1. The van der Waals surface area contributed by atoms with E-state index in [0.29, 0.717) is 6.17 Å². The molecule has 1 saturated heterocycles. The number of hydrogen-bond donors (Lipinski definition) is 0. The smallest absolute Gasteiger partial charge is 0.159 e. The second-order valence-corrected chi connectivity index (χ2v) is 5.91. The summed E-state index contributed by atoms with van der Waals surface area (Å²) in [6.45, 7) is 2.24. The summed E-state index contributed by atoms with van der Waals surface area (Å²) < 4.78 is 6.18. The zero-order valence-corrected chi connectivity index (χ0v) is 11.5. The molecule has 3 nitrogen and oxygen atoms in total. The van der Waals surface area contributed by atoms with Crippen LogP contribution in [0.5, 0.6) is 0 Å². The fourth-order valence-electron chi connectivity index (χ4n) is 3.82. The van der Waals surface area contributed by atoms with Gasteiger partial charge in [-0.1, -0.05) is 30.3 Å². The highest BCUT2D eigenvalue weighted by Crippen LogP contribution is 2.44. The normalized spacial score (nSPS) is 21.9. The Morgan fingerprint density at radius 2 is 1.95 bits per heavy atom. The van der Waals surface area contributed by atoms with Crippen molar-refractivity contribution in [3.63, 3.8) is 0 Å². The number of hydrogen-bond acceptors (Lipinski definition) is 3. The lowest BCUT2D eigenvalue weighted by Crippen LogP contribution is -2.33. The summed E-state index contributed by atoms with van der Waals surface area (Å²) in [6, 6.07) is 12.8. The molecule has 100 valence electrons. The number of fused-ring (bicyclic) bond motifs is 7. The summed E-state index contributed by atoms with van der Waals surface area (Å²) in [7, 11) is 2.21. The van der Waals surface area contributed by atoms with Gasteiger partial charge in [0, 0.05) is 30.3 Å². The molecule has 5 rings (SSSR count). The highest BCUT2D eigenvalue weighted by molar-refractivity contribution is 6.10. The van der Waals surface area contributed by atoms with E-state index in [4.69, 9.17) is 4.42 Å². The monoisotopic (exact) mass is 264 g/mol. The molecule has 20 heavy (non-hydrogen) atoms. The van der Waals surface area contributed by atoms with Crippen LogP contribution in [0.4, 0.5) is 5.69 Å². The molecule has 0 N–H and O–H groups in total. The number of para-hydroxylation sites is 1. The minimum atomic E-state index is 0.517. The van der Waals surface area contributed by atoms with Crippen molar-refractivity contribution in [1.82, 2.24) is 4.90 Å². The third-order valence-electron chi connectivity index (χ3n) is 4.86. The summed E-state index contributed by atoms with van der Waals surface area (Å²) in [5.74, 6) is 0. The van der Waals surface area contributed by atoms with Crippen LogP contribution in [0, 0.1) is 0 Å². The zero-order chi connectivity index (χ0) is 13.3. The Morgan fingerprint density at radius 3 is 2.90 bits per heavy atom. The highest BCUT2D eigenvalue weighted by Gasteiger charge is 2.38. The van der Waals surface area contributed by atoms with Crippen LogP contribution in [0.1, 0.15) is 5.56 Å². The first kappa shape index (κ1) is 10.7. The van der Waals surface area contributed by atoms with Crippen molar-refractivity contribution < 1.29 is 4.42 Å². The highest BCUT2D eigenvalue weighted by atomic mass is 16.3. The SMILES string of the molecule is CN1CCN2c3c(ccc4c3oc3ccccc34)CC12. The van der Waals surface area contributed by atoms with Gasteiger partial charge in [0.15, 0.2) is 5.58 Å². The van der Waals surface area contributed by atoms with Crippen molar-refractivity contribution in [2.45, 2.75) is 12.6 Å². The van der Waals surface area contributed by atoms with Crippen molar-refractivity contribution in [3.8, 4) is 0 Å². The van der Waals surface area contributed by atoms with Gasteiger partial charge >= 0.3 is 0 Å². The first-order chi connectivity index (χ1) is 9.83. The van der Waals surface area contributed by atoms with E-state index in [2.05, 4.69) is 47.2 Å². The van der Waals surface area contributed by atoms with Gasteiger partial charge in [0.1, 0.15) is 5.58 Å². The molecule has 0 saturated carbocycles. The van der Waals surface area contributed by atoms with Gasteiger partial charge in [-0.3, -0.25) is 4.90 Å². The van der Waals surface area contributed by atoms with Gasteiger partial charge in [0.05, 0.1) is 11.9 Å². The van der Waals surface area contributed by atoms with Crippen LogP contribution in [0.15, 0.2) is 40.8 Å². The quantitative estimate of drug-likeness (QED) is 0.621. The molecule has 1 aromatic heterocycles. The van der Waals surface area contributed by atoms with Crippen molar-refractivity contribution in [3.05, 3.63) is 42.0 Å². The first-order valence-corrected chi connectivity index (χ1v) is 7.23. The fourth-order valence-corrected chi connectivity index (χ4v) is 3.82. The molecule has 1 unspecified atom stereocenters. The average Bonchev–Trinajstić information content (AvgIpc) is 3.11. The lowest BCUT2D eigenvalue weighted by molar-refractivity contribution is 0.319. The molecule has 3 heteroatoms. The molecule has 2 aliphatic rings. The van der Waals surface area contributed by atoms with E-state index in [9.17, 15) is 0 Å². The summed E-state index contributed by atoms with van der Waals surface area (Å²) >= 11 is 0. The Balaban J connectivity index is 1.85. The Hall–Kier alpha value is -2.00. The lowest BCUT2D eigenvalue weighted by Gasteiger charge is -2.21. The van der Waals surface area contributed by atoms with Gasteiger partial charge in [-0.2, -0.15) is 0 Å². The Kier molecular flexibility index (Phi) is 1.91. The minimum Gasteiger partial charge on any atom is -0.454 e. The minimum absolute atomic E-state index is 0.517. The van der Waals surface area contributed by atoms with Gasteiger partial charge in [-0.25, -0.2) is 0 Å². The van der Waals surface area contributed by atoms with Crippen LogP contribution in [-0.4, -0.2) is 31.2 Å². The van der Waals surface area contributed by atoms with E-state index in [1.54, 1.807) is 0 Å². The van der Waals surface area contributed by atoms with E-state index >= 15 is 0 Å². The number of rotatable bonds is 0. The number of likely N-dealkylation sites (N-methyl/N-ethyl adjacent to an activating group) is 1. The molecule has 2 aromatic carbocycles. The molecule has 0 bridgehead atoms. The Labute approximate surface area is 117 Å². The van der Waals surface area contributed by atoms with Crippen LogP contribution < -0.4 is 4.90 Å². The maximum Gasteiger partial charge on any atom is 0.159 e. The topological polar surface area (TPSA) is 19.6 Å². The largest absolute Gasteiger partial charge is 0.454 e. The molecule has 1 fully saturated rings. The van der Waals surface area contributed by atoms with Crippen LogP contribution in [0.2, 0.25) is 0 Å². The molecular weight excluding hydrogens is 248 g/mol. The molecule has 0 spiro atoms. The Bertz CT molecular complexity index is 835. The van der Waals surface area contributed by atoms with E-state index in [1.165, 1.54) is 22.0 Å². The van der Waals surface area contributed by atoms with Gasteiger partial charge in [-0.05, 0) is 18.7 Å². The zero-order valence-electron chi connectivity index (χ0n) is 11.5. The molecule has 1 atom stereocenters. The molecule has 0 aliphatic carbocycles. The summed E-state index contributed by atoms with van der Waals surface area (Å²) in [6.07, 6.45) is 1.63. The van der Waals surface area contributed by atoms with Gasteiger partial charge in [0.2, 0.25) is 0 Å². The number of furan rings is 1. The van der Waals surface area contributed by atoms with E-state index < -0.39 is 0 Å². The summed E-state index contributed by atoms with van der Waals surface area (Å²) in [4.78, 5) is 4.95. The third-order valence-corrected chi connectivity index (χ3v) is 4.86. The van der Waals surface area contributed by atoms with Crippen LogP contribution in [0.3, 0.4) is 0 Å². The Morgan fingerprint density at radius 1 is 1.05 bits per heavy atom. The van der Waals surface area contributed by atoms with Crippen LogP contribution in [-0.2, 0) is 6.42 Å². The average molecular weight is 264 g/mol. The van der Waals surface area contributed by atoms with Gasteiger partial charge in [-0.15, -0.1) is 0 Å². The molecule has 3 aromatic rings. The molecule has 0 amide bonds.